The molecule has 3 aromatic rings. The minimum absolute atomic E-state index is 0.107. The van der Waals surface area contributed by atoms with E-state index in [9.17, 15) is 4.79 Å². The van der Waals surface area contributed by atoms with Crippen LogP contribution in [0.15, 0.2) is 41.5 Å². The van der Waals surface area contributed by atoms with Crippen molar-refractivity contribution in [2.75, 3.05) is 13.2 Å². The SMILES string of the molecule is CC(C)c1ncc2c(=O)n(C)c(Oc3ccc(O[C@@H]4CCOC4)cc3)cn12. The molecule has 0 bridgehead atoms. The Hall–Kier alpha value is -2.80. The second-order valence-corrected chi connectivity index (χ2v) is 7.03. The number of imidazole rings is 1. The Balaban J connectivity index is 1.60. The average molecular weight is 369 g/mol. The molecule has 1 aliphatic heterocycles. The molecule has 1 atom stereocenters. The summed E-state index contributed by atoms with van der Waals surface area (Å²) in [6, 6.07) is 7.39. The summed E-state index contributed by atoms with van der Waals surface area (Å²) in [6.07, 6.45) is 4.43. The molecule has 3 heterocycles. The van der Waals surface area contributed by atoms with Crippen molar-refractivity contribution in [3.63, 3.8) is 0 Å². The normalized spacial score (nSPS) is 17.0. The highest BCUT2D eigenvalue weighted by Crippen LogP contribution is 2.25. The van der Waals surface area contributed by atoms with E-state index in [1.54, 1.807) is 23.8 Å². The number of ether oxygens (including phenoxy) is 3. The molecule has 4 rings (SSSR count). The van der Waals surface area contributed by atoms with E-state index in [4.69, 9.17) is 14.2 Å². The predicted molar refractivity (Wildman–Crippen MR) is 101 cm³/mol. The second-order valence-electron chi connectivity index (χ2n) is 7.03. The first-order valence-corrected chi connectivity index (χ1v) is 9.12. The summed E-state index contributed by atoms with van der Waals surface area (Å²) in [5.41, 5.74) is 0.393. The van der Waals surface area contributed by atoms with Crippen molar-refractivity contribution in [3.8, 4) is 17.4 Å². The smallest absolute Gasteiger partial charge is 0.279 e. The lowest BCUT2D eigenvalue weighted by atomic mass is 10.2. The predicted octanol–water partition coefficient (Wildman–Crippen LogP) is 3.12. The summed E-state index contributed by atoms with van der Waals surface area (Å²) in [6.45, 7) is 5.46. The van der Waals surface area contributed by atoms with Gasteiger partial charge in [-0.2, -0.15) is 0 Å². The number of fused-ring (bicyclic) bond motifs is 1. The standard InChI is InChI=1S/C20H23N3O4/c1-13(2)19-21-10-17-20(24)22(3)18(11-23(17)19)27-15-6-4-14(5-7-15)26-16-8-9-25-12-16/h4-7,10-11,13,16H,8-9,12H2,1-3H3/t16-/m1/s1. The summed E-state index contributed by atoms with van der Waals surface area (Å²) in [4.78, 5) is 17.0. The summed E-state index contributed by atoms with van der Waals surface area (Å²) in [5.74, 6) is 2.88. The molecule has 0 spiro atoms. The zero-order valence-corrected chi connectivity index (χ0v) is 15.7. The topological polar surface area (TPSA) is 67.0 Å². The zero-order chi connectivity index (χ0) is 19.0. The van der Waals surface area contributed by atoms with Gasteiger partial charge in [0, 0.05) is 19.4 Å². The summed E-state index contributed by atoms with van der Waals surface area (Å²) in [5, 5.41) is 0. The molecule has 0 radical (unpaired) electrons. The highest BCUT2D eigenvalue weighted by Gasteiger charge is 2.17. The number of aromatic nitrogens is 3. The highest BCUT2D eigenvalue weighted by atomic mass is 16.5. The minimum atomic E-state index is -0.145. The number of hydrogen-bond donors (Lipinski definition) is 0. The van der Waals surface area contributed by atoms with Gasteiger partial charge < -0.3 is 14.2 Å². The van der Waals surface area contributed by atoms with Gasteiger partial charge in [-0.15, -0.1) is 0 Å². The fraction of sp³-hybridized carbons (Fsp3) is 0.400. The summed E-state index contributed by atoms with van der Waals surface area (Å²) >= 11 is 0. The monoisotopic (exact) mass is 369 g/mol. The van der Waals surface area contributed by atoms with Gasteiger partial charge >= 0.3 is 0 Å². The summed E-state index contributed by atoms with van der Waals surface area (Å²) < 4.78 is 20.4. The maximum absolute atomic E-state index is 12.6. The van der Waals surface area contributed by atoms with Crippen LogP contribution in [-0.2, 0) is 11.8 Å². The Bertz CT molecular complexity index is 998. The highest BCUT2D eigenvalue weighted by molar-refractivity contribution is 5.46. The molecule has 0 amide bonds. The molecular formula is C20H23N3O4. The molecule has 0 N–H and O–H groups in total. The molecule has 0 saturated carbocycles. The first-order valence-electron chi connectivity index (χ1n) is 9.12. The molecule has 27 heavy (non-hydrogen) atoms. The van der Waals surface area contributed by atoms with Gasteiger partial charge in [0.25, 0.3) is 5.56 Å². The van der Waals surface area contributed by atoms with Gasteiger partial charge in [-0.1, -0.05) is 13.8 Å². The Morgan fingerprint density at radius 3 is 2.63 bits per heavy atom. The van der Waals surface area contributed by atoms with E-state index in [0.29, 0.717) is 23.8 Å². The van der Waals surface area contributed by atoms with Crippen LogP contribution in [0.5, 0.6) is 17.4 Å². The van der Waals surface area contributed by atoms with Crippen LogP contribution in [0, 0.1) is 0 Å². The largest absolute Gasteiger partial charge is 0.488 e. The second kappa shape index (κ2) is 7.08. The van der Waals surface area contributed by atoms with Crippen molar-refractivity contribution in [2.24, 2.45) is 7.05 Å². The Labute approximate surface area is 157 Å². The molecule has 0 unspecified atom stereocenters. The number of rotatable bonds is 5. The van der Waals surface area contributed by atoms with Crippen LogP contribution in [0.4, 0.5) is 0 Å². The fourth-order valence-electron chi connectivity index (χ4n) is 3.17. The Kier molecular flexibility index (Phi) is 4.61. The van der Waals surface area contributed by atoms with Crippen LogP contribution in [0.1, 0.15) is 32.0 Å². The van der Waals surface area contributed by atoms with Crippen molar-refractivity contribution < 1.29 is 14.2 Å². The van der Waals surface area contributed by atoms with Crippen LogP contribution in [-0.4, -0.2) is 33.3 Å². The fourth-order valence-corrected chi connectivity index (χ4v) is 3.17. The van der Waals surface area contributed by atoms with Crippen LogP contribution in [0.3, 0.4) is 0 Å². The van der Waals surface area contributed by atoms with Crippen molar-refractivity contribution in [1.82, 2.24) is 14.0 Å². The van der Waals surface area contributed by atoms with E-state index in [2.05, 4.69) is 4.98 Å². The maximum Gasteiger partial charge on any atom is 0.279 e. The molecule has 7 heteroatoms. The molecule has 1 saturated heterocycles. The molecule has 0 aliphatic carbocycles. The van der Waals surface area contributed by atoms with Crippen LogP contribution < -0.4 is 15.0 Å². The molecular weight excluding hydrogens is 346 g/mol. The zero-order valence-electron chi connectivity index (χ0n) is 15.7. The number of hydrogen-bond acceptors (Lipinski definition) is 5. The first-order chi connectivity index (χ1) is 13.0. The lowest BCUT2D eigenvalue weighted by molar-refractivity contribution is 0.141. The van der Waals surface area contributed by atoms with Gasteiger partial charge in [0.1, 0.15) is 28.9 Å². The molecule has 1 aliphatic rings. The van der Waals surface area contributed by atoms with E-state index in [0.717, 1.165) is 24.6 Å². The lowest BCUT2D eigenvalue weighted by Gasteiger charge is -2.14. The van der Waals surface area contributed by atoms with E-state index >= 15 is 0 Å². The van der Waals surface area contributed by atoms with E-state index in [1.807, 2.05) is 38.1 Å². The van der Waals surface area contributed by atoms with Crippen molar-refractivity contribution in [2.45, 2.75) is 32.3 Å². The molecule has 1 fully saturated rings. The third-order valence-corrected chi connectivity index (χ3v) is 4.67. The van der Waals surface area contributed by atoms with Gasteiger partial charge in [-0.3, -0.25) is 13.8 Å². The van der Waals surface area contributed by atoms with Crippen LogP contribution in [0.25, 0.3) is 5.52 Å². The van der Waals surface area contributed by atoms with Gasteiger partial charge in [-0.25, -0.2) is 4.98 Å². The molecule has 142 valence electrons. The van der Waals surface area contributed by atoms with Crippen LogP contribution in [0.2, 0.25) is 0 Å². The third kappa shape index (κ3) is 3.42. The minimum Gasteiger partial charge on any atom is -0.488 e. The maximum atomic E-state index is 12.6. The van der Waals surface area contributed by atoms with Crippen LogP contribution >= 0.6 is 0 Å². The van der Waals surface area contributed by atoms with E-state index in [-0.39, 0.29) is 17.6 Å². The van der Waals surface area contributed by atoms with Gasteiger partial charge in [0.15, 0.2) is 0 Å². The van der Waals surface area contributed by atoms with Crippen molar-refractivity contribution >= 4 is 5.52 Å². The Morgan fingerprint density at radius 1 is 1.22 bits per heavy atom. The lowest BCUT2D eigenvalue weighted by Crippen LogP contribution is -2.20. The molecule has 1 aromatic carbocycles. The third-order valence-electron chi connectivity index (χ3n) is 4.67. The number of nitrogens with zero attached hydrogens (tertiary/aromatic N) is 3. The van der Waals surface area contributed by atoms with Gasteiger partial charge in [0.05, 0.1) is 25.6 Å². The Morgan fingerprint density at radius 2 is 1.96 bits per heavy atom. The first kappa shape index (κ1) is 17.6. The molecule has 7 nitrogen and oxygen atoms in total. The van der Waals surface area contributed by atoms with Crippen molar-refractivity contribution in [3.05, 3.63) is 52.8 Å². The van der Waals surface area contributed by atoms with Gasteiger partial charge in [0.2, 0.25) is 5.88 Å². The number of benzene rings is 1. The van der Waals surface area contributed by atoms with Crippen molar-refractivity contribution in [1.29, 1.82) is 0 Å². The summed E-state index contributed by atoms with van der Waals surface area (Å²) in [7, 11) is 1.69. The quantitative estimate of drug-likeness (QED) is 0.691. The van der Waals surface area contributed by atoms with E-state index in [1.165, 1.54) is 4.57 Å². The average Bonchev–Trinajstić information content (AvgIpc) is 3.30. The van der Waals surface area contributed by atoms with Gasteiger partial charge in [-0.05, 0) is 24.3 Å². The van der Waals surface area contributed by atoms with E-state index < -0.39 is 0 Å². The molecule has 2 aromatic heterocycles.